The quantitative estimate of drug-likeness (QED) is 0.649. The zero-order valence-corrected chi connectivity index (χ0v) is 10.3. The third-order valence-electron chi connectivity index (χ3n) is 2.13. The fourth-order valence-corrected chi connectivity index (χ4v) is 1.36. The monoisotopic (exact) mass is 223 g/mol. The molecule has 0 bridgehead atoms. The van der Waals surface area contributed by atoms with Crippen LogP contribution < -0.4 is 16.2 Å². The summed E-state index contributed by atoms with van der Waals surface area (Å²) in [6.45, 7) is 8.98. The van der Waals surface area contributed by atoms with E-state index in [1.807, 2.05) is 6.07 Å². The highest BCUT2D eigenvalue weighted by Gasteiger charge is 2.06. The van der Waals surface area contributed by atoms with Crippen LogP contribution in [-0.2, 0) is 6.54 Å². The molecule has 0 radical (unpaired) electrons. The smallest absolute Gasteiger partial charge is 0.248 e. The fraction of sp³-hybridized carbons (Fsp3) is 0.583. The van der Waals surface area contributed by atoms with Crippen molar-refractivity contribution in [3.8, 4) is 0 Å². The van der Waals surface area contributed by atoms with Gasteiger partial charge in [0.2, 0.25) is 5.56 Å². The predicted molar refractivity (Wildman–Crippen MR) is 66.5 cm³/mol. The van der Waals surface area contributed by atoms with Gasteiger partial charge < -0.3 is 15.6 Å². The first-order valence-electron chi connectivity index (χ1n) is 5.61. The van der Waals surface area contributed by atoms with Crippen molar-refractivity contribution in [1.29, 1.82) is 0 Å². The lowest BCUT2D eigenvalue weighted by Gasteiger charge is -2.20. The third-order valence-corrected chi connectivity index (χ3v) is 2.13. The van der Waals surface area contributed by atoms with Gasteiger partial charge in [-0.05, 0) is 32.4 Å². The van der Waals surface area contributed by atoms with Crippen LogP contribution in [0.25, 0.3) is 0 Å². The van der Waals surface area contributed by atoms with Crippen LogP contribution in [0.15, 0.2) is 23.1 Å². The molecule has 0 atom stereocenters. The number of H-pyrrole nitrogens is 1. The molecule has 0 aromatic carbocycles. The molecule has 0 aliphatic rings. The van der Waals surface area contributed by atoms with E-state index in [0.29, 0.717) is 0 Å². The van der Waals surface area contributed by atoms with Gasteiger partial charge in [0.15, 0.2) is 0 Å². The summed E-state index contributed by atoms with van der Waals surface area (Å²) in [6.07, 6.45) is 1.67. The van der Waals surface area contributed by atoms with Crippen LogP contribution in [-0.4, -0.2) is 23.6 Å². The summed E-state index contributed by atoms with van der Waals surface area (Å²) >= 11 is 0. The van der Waals surface area contributed by atoms with Gasteiger partial charge >= 0.3 is 0 Å². The van der Waals surface area contributed by atoms with E-state index in [4.69, 9.17) is 0 Å². The normalized spacial score (nSPS) is 11.7. The van der Waals surface area contributed by atoms with E-state index >= 15 is 0 Å². The van der Waals surface area contributed by atoms with E-state index in [1.54, 1.807) is 12.3 Å². The number of hydrogen-bond donors (Lipinski definition) is 3. The zero-order valence-electron chi connectivity index (χ0n) is 10.3. The lowest BCUT2D eigenvalue weighted by molar-refractivity contribution is 0.421. The molecule has 0 fully saturated rings. The maximum atomic E-state index is 11.0. The van der Waals surface area contributed by atoms with Crippen molar-refractivity contribution in [2.75, 3.05) is 13.1 Å². The standard InChI is InChI=1S/C12H21N3O/c1-12(2,3)15-7-6-13-9-10-4-5-14-11(16)8-10/h4-5,8,13,15H,6-7,9H2,1-3H3,(H,14,16). The Morgan fingerprint density at radius 2 is 2.06 bits per heavy atom. The molecule has 90 valence electrons. The summed E-state index contributed by atoms with van der Waals surface area (Å²) < 4.78 is 0. The minimum atomic E-state index is -0.0490. The molecule has 1 aromatic rings. The fourth-order valence-electron chi connectivity index (χ4n) is 1.36. The summed E-state index contributed by atoms with van der Waals surface area (Å²) in [5.74, 6) is 0. The van der Waals surface area contributed by atoms with Gasteiger partial charge in [0.1, 0.15) is 0 Å². The molecule has 0 saturated carbocycles. The van der Waals surface area contributed by atoms with Crippen LogP contribution in [0.2, 0.25) is 0 Å². The van der Waals surface area contributed by atoms with Crippen LogP contribution in [0.5, 0.6) is 0 Å². The van der Waals surface area contributed by atoms with E-state index in [-0.39, 0.29) is 11.1 Å². The first-order chi connectivity index (χ1) is 7.47. The zero-order chi connectivity index (χ0) is 12.0. The Morgan fingerprint density at radius 3 is 2.69 bits per heavy atom. The summed E-state index contributed by atoms with van der Waals surface area (Å²) in [7, 11) is 0. The van der Waals surface area contributed by atoms with E-state index in [1.165, 1.54) is 0 Å². The number of nitrogens with one attached hydrogen (secondary N) is 3. The SMILES string of the molecule is CC(C)(C)NCCNCc1cc[nH]c(=O)c1. The number of rotatable bonds is 5. The molecule has 4 nitrogen and oxygen atoms in total. The highest BCUT2D eigenvalue weighted by Crippen LogP contribution is 1.96. The maximum absolute atomic E-state index is 11.0. The molecule has 3 N–H and O–H groups in total. The van der Waals surface area contributed by atoms with E-state index in [0.717, 1.165) is 25.2 Å². The highest BCUT2D eigenvalue weighted by molar-refractivity contribution is 5.09. The van der Waals surface area contributed by atoms with Crippen molar-refractivity contribution < 1.29 is 0 Å². The van der Waals surface area contributed by atoms with Gasteiger partial charge in [0.05, 0.1) is 0 Å². The number of aromatic amines is 1. The third kappa shape index (κ3) is 5.68. The molecule has 0 saturated heterocycles. The van der Waals surface area contributed by atoms with E-state index in [9.17, 15) is 4.79 Å². The van der Waals surface area contributed by atoms with Gasteiger partial charge in [-0.15, -0.1) is 0 Å². The Kier molecular flexibility index (Phi) is 4.71. The highest BCUT2D eigenvalue weighted by atomic mass is 16.1. The summed E-state index contributed by atoms with van der Waals surface area (Å²) in [5, 5.41) is 6.68. The lowest BCUT2D eigenvalue weighted by atomic mass is 10.1. The summed E-state index contributed by atoms with van der Waals surface area (Å²) in [5.41, 5.74) is 1.12. The molecule has 16 heavy (non-hydrogen) atoms. The number of pyridine rings is 1. The first kappa shape index (κ1) is 12.9. The van der Waals surface area contributed by atoms with Crippen molar-refractivity contribution in [2.45, 2.75) is 32.9 Å². The minimum absolute atomic E-state index is 0.0490. The second kappa shape index (κ2) is 5.82. The maximum Gasteiger partial charge on any atom is 0.248 e. The average molecular weight is 223 g/mol. The summed E-state index contributed by atoms with van der Waals surface area (Å²) in [4.78, 5) is 13.6. The second-order valence-corrected chi connectivity index (χ2v) is 4.91. The largest absolute Gasteiger partial charge is 0.329 e. The Morgan fingerprint density at radius 1 is 1.31 bits per heavy atom. The van der Waals surface area contributed by atoms with Gasteiger partial charge in [-0.1, -0.05) is 0 Å². The van der Waals surface area contributed by atoms with Crippen molar-refractivity contribution in [2.24, 2.45) is 0 Å². The minimum Gasteiger partial charge on any atom is -0.329 e. The molecule has 1 rings (SSSR count). The molecular weight excluding hydrogens is 202 g/mol. The van der Waals surface area contributed by atoms with Gasteiger partial charge in [-0.2, -0.15) is 0 Å². The molecule has 4 heteroatoms. The van der Waals surface area contributed by atoms with Crippen LogP contribution in [0.3, 0.4) is 0 Å². The first-order valence-corrected chi connectivity index (χ1v) is 5.61. The topological polar surface area (TPSA) is 56.9 Å². The molecule has 0 amide bonds. The van der Waals surface area contributed by atoms with Crippen molar-refractivity contribution >= 4 is 0 Å². The van der Waals surface area contributed by atoms with Crippen molar-refractivity contribution in [3.05, 3.63) is 34.2 Å². The second-order valence-electron chi connectivity index (χ2n) is 4.91. The van der Waals surface area contributed by atoms with Gasteiger partial charge in [-0.3, -0.25) is 4.79 Å². The van der Waals surface area contributed by atoms with Crippen LogP contribution in [0, 0.1) is 0 Å². The number of hydrogen-bond acceptors (Lipinski definition) is 3. The van der Waals surface area contributed by atoms with Crippen LogP contribution in [0.1, 0.15) is 26.3 Å². The average Bonchev–Trinajstić information content (AvgIpc) is 2.15. The Hall–Kier alpha value is -1.13. The summed E-state index contributed by atoms with van der Waals surface area (Å²) in [6, 6.07) is 3.52. The molecule has 0 aliphatic heterocycles. The molecule has 0 aliphatic carbocycles. The molecular formula is C12H21N3O. The molecule has 1 heterocycles. The lowest BCUT2D eigenvalue weighted by Crippen LogP contribution is -2.40. The van der Waals surface area contributed by atoms with E-state index in [2.05, 4.69) is 36.4 Å². The van der Waals surface area contributed by atoms with Crippen molar-refractivity contribution in [3.63, 3.8) is 0 Å². The van der Waals surface area contributed by atoms with Gasteiger partial charge in [0, 0.05) is 37.4 Å². The predicted octanol–water partition coefficient (Wildman–Crippen LogP) is 0.853. The Bertz CT molecular complexity index is 365. The van der Waals surface area contributed by atoms with Crippen LogP contribution in [0.4, 0.5) is 0 Å². The van der Waals surface area contributed by atoms with Gasteiger partial charge in [0.25, 0.3) is 0 Å². The van der Waals surface area contributed by atoms with E-state index < -0.39 is 0 Å². The Labute approximate surface area is 96.5 Å². The Balaban J connectivity index is 2.19. The number of aromatic nitrogens is 1. The van der Waals surface area contributed by atoms with Gasteiger partial charge in [-0.25, -0.2) is 0 Å². The molecule has 1 aromatic heterocycles. The molecule has 0 unspecified atom stereocenters. The van der Waals surface area contributed by atoms with Crippen LogP contribution >= 0.6 is 0 Å². The molecule has 0 spiro atoms. The van der Waals surface area contributed by atoms with Crippen molar-refractivity contribution in [1.82, 2.24) is 15.6 Å².